The van der Waals surface area contributed by atoms with Crippen LogP contribution in [0, 0.1) is 26.2 Å². The summed E-state index contributed by atoms with van der Waals surface area (Å²) in [5.74, 6) is 0.665. The molecule has 0 saturated carbocycles. The monoisotopic (exact) mass is 402 g/mol. The number of fused-ring (bicyclic) bond motifs is 1. The van der Waals surface area contributed by atoms with Crippen molar-refractivity contribution >= 4 is 11.5 Å². The highest BCUT2D eigenvalue weighted by Gasteiger charge is 2.27. The van der Waals surface area contributed by atoms with Crippen LogP contribution in [0.1, 0.15) is 40.7 Å². The van der Waals surface area contributed by atoms with E-state index in [1.54, 1.807) is 0 Å². The van der Waals surface area contributed by atoms with Crippen molar-refractivity contribution in [2.75, 3.05) is 31.6 Å². The number of aryl methyl sites for hydroxylation is 3. The molecule has 0 aromatic heterocycles. The fourth-order valence-electron chi connectivity index (χ4n) is 5.16. The second kappa shape index (κ2) is 8.65. The Bertz CT molecular complexity index is 965. The van der Waals surface area contributed by atoms with Crippen molar-refractivity contribution in [3.05, 3.63) is 75.5 Å². The highest BCUT2D eigenvalue weighted by molar-refractivity contribution is 6.09. The molecule has 1 fully saturated rings. The molecule has 0 amide bonds. The molecule has 4 heteroatoms. The zero-order chi connectivity index (χ0) is 21.3. The number of rotatable bonds is 4. The lowest BCUT2D eigenvalue weighted by Crippen LogP contribution is -2.41. The largest absolute Gasteiger partial charge is 0.390 e. The maximum Gasteiger partial charge on any atom is 0.130 e. The van der Waals surface area contributed by atoms with Gasteiger partial charge >= 0.3 is 0 Å². The first-order valence-corrected chi connectivity index (χ1v) is 11.1. The third kappa shape index (κ3) is 4.01. The van der Waals surface area contributed by atoms with Crippen molar-refractivity contribution in [1.29, 1.82) is 5.41 Å². The summed E-state index contributed by atoms with van der Waals surface area (Å²) in [4.78, 5) is 4.74. The molecule has 30 heavy (non-hydrogen) atoms. The van der Waals surface area contributed by atoms with E-state index >= 15 is 0 Å². The minimum absolute atomic E-state index is 0.665. The molecule has 4 nitrogen and oxygen atoms in total. The number of piperidine rings is 1. The standard InChI is InChI=1S/C26H34N4/c1-18-14-19(2)25(20(3)15-18)30-12-7-10-23(26(30)27)24(28-4)17-29-13-11-21-8-5-6-9-22(21)16-29/h5-6,8-9,14-15,27-28H,7,10-13,16-17H2,1-4H3/b24-23-,27-26?. The average molecular weight is 403 g/mol. The molecule has 0 spiro atoms. The van der Waals surface area contributed by atoms with Gasteiger partial charge in [-0.1, -0.05) is 42.0 Å². The Morgan fingerprint density at radius 2 is 1.70 bits per heavy atom. The summed E-state index contributed by atoms with van der Waals surface area (Å²) >= 11 is 0. The number of likely N-dealkylation sites (N-methyl/N-ethyl adjacent to an activating group) is 1. The predicted octanol–water partition coefficient (Wildman–Crippen LogP) is 4.72. The van der Waals surface area contributed by atoms with Crippen molar-refractivity contribution in [3.63, 3.8) is 0 Å². The lowest BCUT2D eigenvalue weighted by Gasteiger charge is -2.36. The fraction of sp³-hybridized carbons (Fsp3) is 0.423. The van der Waals surface area contributed by atoms with Gasteiger partial charge in [-0.3, -0.25) is 10.3 Å². The highest BCUT2D eigenvalue weighted by atomic mass is 15.2. The maximum atomic E-state index is 9.07. The second-order valence-electron chi connectivity index (χ2n) is 8.79. The Balaban J connectivity index is 1.59. The van der Waals surface area contributed by atoms with Crippen LogP contribution in [0.2, 0.25) is 0 Å². The highest BCUT2D eigenvalue weighted by Crippen LogP contribution is 2.32. The summed E-state index contributed by atoms with van der Waals surface area (Å²) in [7, 11) is 2.01. The topological polar surface area (TPSA) is 42.4 Å². The van der Waals surface area contributed by atoms with Crippen LogP contribution in [0.3, 0.4) is 0 Å². The van der Waals surface area contributed by atoms with Crippen molar-refractivity contribution < 1.29 is 0 Å². The molecule has 2 aliphatic heterocycles. The van der Waals surface area contributed by atoms with Gasteiger partial charge < -0.3 is 10.2 Å². The van der Waals surface area contributed by atoms with Crippen LogP contribution in [0.15, 0.2) is 47.7 Å². The summed E-state index contributed by atoms with van der Waals surface area (Å²) in [6, 6.07) is 13.3. The maximum absolute atomic E-state index is 9.07. The fourth-order valence-corrected chi connectivity index (χ4v) is 5.16. The molecular formula is C26H34N4. The lowest BCUT2D eigenvalue weighted by molar-refractivity contribution is 0.271. The van der Waals surface area contributed by atoms with Gasteiger partial charge in [-0.25, -0.2) is 0 Å². The van der Waals surface area contributed by atoms with Gasteiger partial charge in [0.2, 0.25) is 0 Å². The van der Waals surface area contributed by atoms with Crippen LogP contribution in [-0.2, 0) is 13.0 Å². The number of benzene rings is 2. The van der Waals surface area contributed by atoms with Gasteiger partial charge in [-0.2, -0.15) is 0 Å². The van der Waals surface area contributed by atoms with Crippen molar-refractivity contribution in [1.82, 2.24) is 10.2 Å². The van der Waals surface area contributed by atoms with Crippen LogP contribution in [0.25, 0.3) is 0 Å². The Hall–Kier alpha value is -2.59. The molecule has 0 radical (unpaired) electrons. The molecule has 2 heterocycles. The summed E-state index contributed by atoms with van der Waals surface area (Å²) in [6.45, 7) is 10.3. The van der Waals surface area contributed by atoms with Crippen LogP contribution in [0.4, 0.5) is 5.69 Å². The molecule has 2 aromatic rings. The van der Waals surface area contributed by atoms with Gasteiger partial charge in [0.15, 0.2) is 0 Å². The van der Waals surface area contributed by atoms with Crippen LogP contribution >= 0.6 is 0 Å². The van der Waals surface area contributed by atoms with Crippen molar-refractivity contribution in [3.8, 4) is 0 Å². The Labute approximate surface area is 181 Å². The van der Waals surface area contributed by atoms with Crippen LogP contribution in [-0.4, -0.2) is 37.4 Å². The van der Waals surface area contributed by atoms with Gasteiger partial charge in [0.25, 0.3) is 0 Å². The Kier molecular flexibility index (Phi) is 5.96. The second-order valence-corrected chi connectivity index (χ2v) is 8.79. The van der Waals surface area contributed by atoms with E-state index in [2.05, 4.69) is 72.3 Å². The molecule has 0 unspecified atom stereocenters. The molecule has 2 aliphatic rings. The van der Waals surface area contributed by atoms with Gasteiger partial charge in [0, 0.05) is 50.2 Å². The van der Waals surface area contributed by atoms with E-state index < -0.39 is 0 Å². The third-order valence-electron chi connectivity index (χ3n) is 6.53. The van der Waals surface area contributed by atoms with Crippen LogP contribution in [0.5, 0.6) is 0 Å². The number of anilines is 1. The third-order valence-corrected chi connectivity index (χ3v) is 6.53. The van der Waals surface area contributed by atoms with E-state index in [9.17, 15) is 0 Å². The minimum Gasteiger partial charge on any atom is -0.390 e. The van der Waals surface area contributed by atoms with E-state index in [0.29, 0.717) is 5.84 Å². The molecule has 0 atom stereocenters. The normalized spacial score (nSPS) is 18.9. The van der Waals surface area contributed by atoms with E-state index in [4.69, 9.17) is 5.41 Å². The summed E-state index contributed by atoms with van der Waals surface area (Å²) in [6.07, 6.45) is 3.16. The van der Waals surface area contributed by atoms with E-state index in [0.717, 1.165) is 45.4 Å². The average Bonchev–Trinajstić information content (AvgIpc) is 2.72. The van der Waals surface area contributed by atoms with Crippen LogP contribution < -0.4 is 10.2 Å². The summed E-state index contributed by atoms with van der Waals surface area (Å²) < 4.78 is 0. The number of nitrogens with one attached hydrogen (secondary N) is 2. The zero-order valence-electron chi connectivity index (χ0n) is 18.8. The lowest BCUT2D eigenvalue weighted by atomic mass is 9.96. The number of hydrogen-bond donors (Lipinski definition) is 2. The van der Waals surface area contributed by atoms with Gasteiger partial charge in [0.05, 0.1) is 0 Å². The number of nitrogens with zero attached hydrogens (tertiary/aromatic N) is 2. The number of amidine groups is 1. The smallest absolute Gasteiger partial charge is 0.130 e. The molecule has 0 aliphatic carbocycles. The zero-order valence-corrected chi connectivity index (χ0v) is 18.8. The van der Waals surface area contributed by atoms with E-state index in [1.807, 2.05) is 7.05 Å². The Morgan fingerprint density at radius 3 is 2.40 bits per heavy atom. The molecule has 1 saturated heterocycles. The quantitative estimate of drug-likeness (QED) is 0.777. The van der Waals surface area contributed by atoms with Gasteiger partial charge in [-0.05, 0) is 62.3 Å². The van der Waals surface area contributed by atoms with E-state index in [-0.39, 0.29) is 0 Å². The van der Waals surface area contributed by atoms with Gasteiger partial charge in [0.1, 0.15) is 5.84 Å². The number of hydrogen-bond acceptors (Lipinski definition) is 3. The summed E-state index contributed by atoms with van der Waals surface area (Å²) in [5.41, 5.74) is 10.3. The molecule has 0 bridgehead atoms. The molecule has 158 valence electrons. The molecule has 4 rings (SSSR count). The molecule has 2 aromatic carbocycles. The van der Waals surface area contributed by atoms with Crippen molar-refractivity contribution in [2.24, 2.45) is 0 Å². The first-order valence-electron chi connectivity index (χ1n) is 11.1. The van der Waals surface area contributed by atoms with Crippen molar-refractivity contribution in [2.45, 2.75) is 46.6 Å². The molecule has 2 N–H and O–H groups in total. The SMILES string of the molecule is CN/C(CN1CCc2ccccc2C1)=C1/CCCN(c2c(C)cc(C)cc2C)C1=N. The van der Waals surface area contributed by atoms with E-state index in [1.165, 1.54) is 44.8 Å². The summed E-state index contributed by atoms with van der Waals surface area (Å²) in [5, 5.41) is 12.5. The first-order chi connectivity index (χ1) is 14.5. The molecular weight excluding hydrogens is 368 g/mol. The van der Waals surface area contributed by atoms with Gasteiger partial charge in [-0.15, -0.1) is 0 Å². The first kappa shape index (κ1) is 20.7. The Morgan fingerprint density at radius 1 is 1.00 bits per heavy atom. The predicted molar refractivity (Wildman–Crippen MR) is 126 cm³/mol. The minimum atomic E-state index is 0.665.